The Morgan fingerprint density at radius 2 is 0.833 bits per heavy atom. The van der Waals surface area contributed by atoms with Gasteiger partial charge in [-0.25, -0.2) is 0 Å². The van der Waals surface area contributed by atoms with E-state index in [0.717, 1.165) is 58.2 Å². The van der Waals surface area contributed by atoms with E-state index in [1.165, 1.54) is 141 Å². The number of carbonyl (C=O) groups is 2. The summed E-state index contributed by atoms with van der Waals surface area (Å²) in [4.78, 5) is 28.6. The number of carbonyl (C=O) groups excluding carboxylic acids is 2. The van der Waals surface area contributed by atoms with Crippen molar-refractivity contribution in [2.24, 2.45) is 5.92 Å². The van der Waals surface area contributed by atoms with Gasteiger partial charge >= 0.3 is 0 Å². The van der Waals surface area contributed by atoms with Crippen LogP contribution in [-0.4, -0.2) is 36.1 Å². The Kier molecular flexibility index (Phi) is 37.6. The zero-order chi connectivity index (χ0) is 35.2. The van der Waals surface area contributed by atoms with E-state index in [-0.39, 0.29) is 5.92 Å². The van der Waals surface area contributed by atoms with Gasteiger partial charge in [0.25, 0.3) is 0 Å². The molecule has 1 atom stereocenters. The Balaban J connectivity index is 4.14. The molecule has 0 fully saturated rings. The minimum Gasteiger partial charge on any atom is -0.304 e. The molecule has 0 amide bonds. The molecule has 0 spiro atoms. The normalized spacial score (nSPS) is 12.6. The Morgan fingerprint density at radius 1 is 0.458 bits per heavy atom. The maximum Gasteiger partial charge on any atom is 0.136 e. The summed E-state index contributed by atoms with van der Waals surface area (Å²) in [6.45, 7) is 12.1. The lowest BCUT2D eigenvalue weighted by atomic mass is 9.88. The van der Waals surface area contributed by atoms with Gasteiger partial charge in [-0.3, -0.25) is 9.59 Å². The first-order chi connectivity index (χ1) is 23.6. The van der Waals surface area contributed by atoms with E-state index < -0.39 is 0 Å². The quantitative estimate of drug-likeness (QED) is 0.0482. The molecule has 0 aliphatic rings. The van der Waals surface area contributed by atoms with Gasteiger partial charge in [-0.2, -0.15) is 0 Å². The van der Waals surface area contributed by atoms with Crippen LogP contribution in [0.4, 0.5) is 0 Å². The zero-order valence-corrected chi connectivity index (χ0v) is 33.2. The number of nitrogens with zero attached hydrogens (tertiary/aromatic N) is 1. The van der Waals surface area contributed by atoms with E-state index in [9.17, 15) is 9.59 Å². The van der Waals surface area contributed by atoms with E-state index in [0.29, 0.717) is 30.8 Å². The Bertz CT molecular complexity index is 737. The van der Waals surface area contributed by atoms with Gasteiger partial charge in [-0.05, 0) is 96.7 Å². The van der Waals surface area contributed by atoms with Crippen LogP contribution in [0.1, 0.15) is 227 Å². The lowest BCUT2D eigenvalue weighted by molar-refractivity contribution is -0.128. The van der Waals surface area contributed by atoms with Crippen molar-refractivity contribution in [1.29, 1.82) is 0 Å². The molecule has 0 aromatic rings. The average Bonchev–Trinajstić information content (AvgIpc) is 3.09. The van der Waals surface area contributed by atoms with Crippen LogP contribution in [0.2, 0.25) is 0 Å². The number of ketones is 2. The second-order valence-corrected chi connectivity index (χ2v) is 14.7. The van der Waals surface area contributed by atoms with Crippen molar-refractivity contribution in [1.82, 2.24) is 4.90 Å². The van der Waals surface area contributed by atoms with Crippen LogP contribution in [0, 0.1) is 5.92 Å². The van der Waals surface area contributed by atoms with Gasteiger partial charge in [0, 0.05) is 25.2 Å². The zero-order valence-electron chi connectivity index (χ0n) is 33.2. The molecule has 0 aliphatic carbocycles. The maximum absolute atomic E-state index is 13.3. The van der Waals surface area contributed by atoms with Crippen LogP contribution in [0.3, 0.4) is 0 Å². The minimum absolute atomic E-state index is 0.0621. The molecule has 3 heteroatoms. The third-order valence-corrected chi connectivity index (χ3v) is 10.3. The van der Waals surface area contributed by atoms with Crippen molar-refractivity contribution in [3.8, 4) is 0 Å². The number of allylic oxidation sites excluding steroid dienone is 4. The Labute approximate surface area is 302 Å². The molecule has 0 N–H and O–H groups in total. The van der Waals surface area contributed by atoms with Gasteiger partial charge in [0.2, 0.25) is 0 Å². The van der Waals surface area contributed by atoms with Crippen LogP contribution in [0.5, 0.6) is 0 Å². The molecule has 3 nitrogen and oxygen atoms in total. The summed E-state index contributed by atoms with van der Waals surface area (Å²) >= 11 is 0. The highest BCUT2D eigenvalue weighted by Crippen LogP contribution is 2.20. The van der Waals surface area contributed by atoms with Crippen LogP contribution >= 0.6 is 0 Å². The van der Waals surface area contributed by atoms with Gasteiger partial charge in [0.05, 0.1) is 0 Å². The smallest absolute Gasteiger partial charge is 0.136 e. The van der Waals surface area contributed by atoms with Gasteiger partial charge in [-0.15, -0.1) is 0 Å². The predicted octanol–water partition coefficient (Wildman–Crippen LogP) is 14.3. The summed E-state index contributed by atoms with van der Waals surface area (Å²) in [5, 5.41) is 0. The van der Waals surface area contributed by atoms with Crippen molar-refractivity contribution >= 4 is 11.6 Å². The molecule has 0 saturated carbocycles. The van der Waals surface area contributed by atoms with E-state index in [1.54, 1.807) is 0 Å². The van der Waals surface area contributed by atoms with Crippen LogP contribution in [0.25, 0.3) is 0 Å². The van der Waals surface area contributed by atoms with Crippen LogP contribution in [-0.2, 0) is 9.59 Å². The molecular formula is C45H85NO2. The standard InChI is InChI=1S/C45H85NO2/c1-5-9-11-13-15-17-19-21-23-25-27-29-31-33-35-39-44(47)42-43(38-37-41-46(7-3)8-4)45(48)40-36-34-32-30-28-26-24-22-20-18-16-14-12-10-6-2/h21-24,43H,5-20,25-42H2,1-4H3/b23-21-,24-22-. The molecule has 1 unspecified atom stereocenters. The van der Waals surface area contributed by atoms with Crippen molar-refractivity contribution in [3.05, 3.63) is 24.3 Å². The molecule has 0 bridgehead atoms. The molecule has 0 aromatic heterocycles. The van der Waals surface area contributed by atoms with Gasteiger partial charge in [-0.1, -0.05) is 155 Å². The Morgan fingerprint density at radius 3 is 1.25 bits per heavy atom. The van der Waals surface area contributed by atoms with Crippen molar-refractivity contribution in [2.45, 2.75) is 227 Å². The summed E-state index contributed by atoms with van der Waals surface area (Å²) in [6, 6.07) is 0. The van der Waals surface area contributed by atoms with E-state index in [2.05, 4.69) is 56.9 Å². The summed E-state index contributed by atoms with van der Waals surface area (Å²) in [7, 11) is 0. The van der Waals surface area contributed by atoms with Crippen molar-refractivity contribution < 1.29 is 9.59 Å². The van der Waals surface area contributed by atoms with Crippen LogP contribution < -0.4 is 0 Å². The maximum atomic E-state index is 13.3. The number of hydrogen-bond acceptors (Lipinski definition) is 3. The molecule has 0 radical (unpaired) electrons. The topological polar surface area (TPSA) is 37.4 Å². The molecule has 48 heavy (non-hydrogen) atoms. The van der Waals surface area contributed by atoms with Crippen LogP contribution in [0.15, 0.2) is 24.3 Å². The summed E-state index contributed by atoms with van der Waals surface area (Å²) in [6.07, 6.45) is 46.3. The lowest BCUT2D eigenvalue weighted by Gasteiger charge is -2.20. The monoisotopic (exact) mass is 672 g/mol. The van der Waals surface area contributed by atoms with Crippen molar-refractivity contribution in [2.75, 3.05) is 19.6 Å². The fourth-order valence-electron chi connectivity index (χ4n) is 6.82. The Hall–Kier alpha value is -1.22. The number of hydrogen-bond donors (Lipinski definition) is 0. The fourth-order valence-corrected chi connectivity index (χ4v) is 6.82. The number of rotatable bonds is 39. The predicted molar refractivity (Wildman–Crippen MR) is 214 cm³/mol. The average molecular weight is 672 g/mol. The van der Waals surface area contributed by atoms with Gasteiger partial charge in [0.1, 0.15) is 11.6 Å². The van der Waals surface area contributed by atoms with Gasteiger partial charge < -0.3 is 4.90 Å². The summed E-state index contributed by atoms with van der Waals surface area (Å²) in [5.41, 5.74) is 0. The highest BCUT2D eigenvalue weighted by atomic mass is 16.1. The second kappa shape index (κ2) is 38.6. The highest BCUT2D eigenvalue weighted by molar-refractivity contribution is 5.87. The largest absolute Gasteiger partial charge is 0.304 e. The number of unbranched alkanes of at least 4 members (excludes halogenated alkanes) is 22. The highest BCUT2D eigenvalue weighted by Gasteiger charge is 2.21. The SMILES string of the molecule is CCCCCCCC/C=C\CCCCCCCC(=O)CC(CCCN(CC)CC)C(=O)CCCCCCC/C=C\CCCCCCCC. The lowest BCUT2D eigenvalue weighted by Crippen LogP contribution is -2.26. The minimum atomic E-state index is -0.0621. The third-order valence-electron chi connectivity index (χ3n) is 10.3. The third kappa shape index (κ3) is 33.3. The molecule has 0 aromatic carbocycles. The summed E-state index contributed by atoms with van der Waals surface area (Å²) < 4.78 is 0. The van der Waals surface area contributed by atoms with E-state index >= 15 is 0 Å². The molecule has 0 heterocycles. The molecule has 282 valence electrons. The molecular weight excluding hydrogens is 587 g/mol. The molecule has 0 aliphatic heterocycles. The van der Waals surface area contributed by atoms with Gasteiger partial charge in [0.15, 0.2) is 0 Å². The first kappa shape index (κ1) is 46.8. The summed E-state index contributed by atoms with van der Waals surface area (Å²) in [5.74, 6) is 0.608. The molecule has 0 saturated heterocycles. The first-order valence-corrected chi connectivity index (χ1v) is 21.7. The first-order valence-electron chi connectivity index (χ1n) is 21.7. The number of Topliss-reactive ketones (excluding diaryl/α,β-unsaturated/α-hetero) is 2. The second-order valence-electron chi connectivity index (χ2n) is 14.7. The van der Waals surface area contributed by atoms with E-state index in [4.69, 9.17) is 0 Å². The van der Waals surface area contributed by atoms with Crippen molar-refractivity contribution in [3.63, 3.8) is 0 Å². The fraction of sp³-hybridized carbons (Fsp3) is 0.867. The molecule has 0 rings (SSSR count). The van der Waals surface area contributed by atoms with E-state index in [1.807, 2.05) is 0 Å².